The Labute approximate surface area is 138 Å². The average molecular weight is 389 g/mol. The van der Waals surface area contributed by atoms with E-state index in [2.05, 4.69) is 76.7 Å². The van der Waals surface area contributed by atoms with E-state index in [0.29, 0.717) is 0 Å². The van der Waals surface area contributed by atoms with E-state index in [1.54, 1.807) is 0 Å². The van der Waals surface area contributed by atoms with E-state index in [1.807, 2.05) is 0 Å². The van der Waals surface area contributed by atoms with Crippen LogP contribution >= 0.6 is 0 Å². The van der Waals surface area contributed by atoms with Gasteiger partial charge in [0.15, 0.2) is 0 Å². The van der Waals surface area contributed by atoms with Crippen molar-refractivity contribution in [3.8, 4) is 0 Å². The average Bonchev–Trinajstić information content (AvgIpc) is 1.93. The van der Waals surface area contributed by atoms with Gasteiger partial charge in [-0.3, -0.25) is 0 Å². The van der Waals surface area contributed by atoms with Crippen molar-refractivity contribution in [2.45, 2.75) is 65.0 Å². The molecule has 3 heteroatoms. The van der Waals surface area contributed by atoms with E-state index in [9.17, 15) is 0 Å². The van der Waals surface area contributed by atoms with Gasteiger partial charge in [0.25, 0.3) is 0 Å². The summed E-state index contributed by atoms with van der Waals surface area (Å²) in [5.41, 5.74) is 0. The standard InChI is InChI=1S/C8H12.2C4H11Si.Pd/c1-2-4-6-8-7-5-3-1;2*1-5(2,3)4;/h1-2,7-8H,3-6H2;2*1H2,2-4H3;/q;2*-1;+2. The molecule has 19 heavy (non-hydrogen) atoms. The summed E-state index contributed by atoms with van der Waals surface area (Å²) >= 11 is 0. The molecule has 1 aliphatic rings. The van der Waals surface area contributed by atoms with Crippen LogP contribution in [0, 0.1) is 13.1 Å². The van der Waals surface area contributed by atoms with Crippen LogP contribution in [0.1, 0.15) is 25.7 Å². The van der Waals surface area contributed by atoms with Gasteiger partial charge in [0.05, 0.1) is 0 Å². The summed E-state index contributed by atoms with van der Waals surface area (Å²) in [5, 5.41) is 0. The van der Waals surface area contributed by atoms with Crippen LogP contribution in [0.2, 0.25) is 39.3 Å². The van der Waals surface area contributed by atoms with Crippen molar-refractivity contribution in [1.29, 1.82) is 0 Å². The molecule has 0 unspecified atom stereocenters. The zero-order valence-corrected chi connectivity index (χ0v) is 17.4. The first-order valence-corrected chi connectivity index (χ1v) is 14.4. The largest absolute Gasteiger partial charge is 2.00 e. The summed E-state index contributed by atoms with van der Waals surface area (Å²) in [6.07, 6.45) is 14.0. The maximum atomic E-state index is 3.91. The van der Waals surface area contributed by atoms with Gasteiger partial charge in [-0.05, 0) is 25.7 Å². The minimum absolute atomic E-state index is 0. The van der Waals surface area contributed by atoms with Crippen molar-refractivity contribution in [2.24, 2.45) is 0 Å². The number of hydrogen-bond donors (Lipinski definition) is 0. The first-order valence-electron chi connectivity index (χ1n) is 7.01. The van der Waals surface area contributed by atoms with Gasteiger partial charge < -0.3 is 13.1 Å². The Hall–Kier alpha value is 0.576. The zero-order valence-electron chi connectivity index (χ0n) is 13.9. The van der Waals surface area contributed by atoms with E-state index in [1.165, 1.54) is 25.7 Å². The van der Waals surface area contributed by atoms with Gasteiger partial charge >= 0.3 is 20.4 Å². The molecule has 0 aromatic carbocycles. The molecule has 0 N–H and O–H groups in total. The van der Waals surface area contributed by atoms with Crippen LogP contribution in [-0.4, -0.2) is 16.1 Å². The van der Waals surface area contributed by atoms with Crippen molar-refractivity contribution in [2.75, 3.05) is 0 Å². The summed E-state index contributed by atoms with van der Waals surface area (Å²) < 4.78 is 0. The summed E-state index contributed by atoms with van der Waals surface area (Å²) in [6, 6.07) is 0. The number of rotatable bonds is 0. The molecule has 0 saturated carbocycles. The van der Waals surface area contributed by atoms with E-state index >= 15 is 0 Å². The van der Waals surface area contributed by atoms with E-state index in [-0.39, 0.29) is 20.4 Å². The van der Waals surface area contributed by atoms with Crippen LogP contribution in [0.25, 0.3) is 0 Å². The van der Waals surface area contributed by atoms with Crippen molar-refractivity contribution in [1.82, 2.24) is 0 Å². The molecule has 0 saturated heterocycles. The Morgan fingerprint density at radius 3 is 0.789 bits per heavy atom. The molecule has 0 amide bonds. The van der Waals surface area contributed by atoms with Crippen LogP contribution in [0.3, 0.4) is 0 Å². The van der Waals surface area contributed by atoms with Crippen molar-refractivity contribution in [3.63, 3.8) is 0 Å². The molecule has 0 aromatic rings. The normalized spacial score (nSPS) is 14.7. The maximum Gasteiger partial charge on any atom is 2.00 e. The second-order valence-corrected chi connectivity index (χ2v) is 17.5. The van der Waals surface area contributed by atoms with Crippen LogP contribution in [0.5, 0.6) is 0 Å². The van der Waals surface area contributed by atoms with E-state index < -0.39 is 16.1 Å². The van der Waals surface area contributed by atoms with Gasteiger partial charge in [-0.25, -0.2) is 0 Å². The minimum atomic E-state index is -0.861. The summed E-state index contributed by atoms with van der Waals surface area (Å²) in [6.45, 7) is 21.1. The SMILES string of the molecule is C1=CCCC=CCC1.[CH2-][Si](C)(C)C.[CH2-][Si](C)(C)C.[Pd+2]. The van der Waals surface area contributed by atoms with E-state index in [0.717, 1.165) is 0 Å². The van der Waals surface area contributed by atoms with Gasteiger partial charge in [-0.1, -0.05) is 63.6 Å². The molecular weight excluding hydrogens is 355 g/mol. The molecule has 0 aliphatic heterocycles. The summed E-state index contributed by atoms with van der Waals surface area (Å²) in [7, 11) is -1.72. The van der Waals surface area contributed by atoms with Gasteiger partial charge in [0.2, 0.25) is 0 Å². The fraction of sp³-hybridized carbons (Fsp3) is 0.625. The molecule has 116 valence electrons. The monoisotopic (exact) mass is 388 g/mol. The second-order valence-electron chi connectivity index (χ2n) is 7.22. The summed E-state index contributed by atoms with van der Waals surface area (Å²) in [5.74, 6) is 0. The third-order valence-electron chi connectivity index (χ3n) is 1.33. The fourth-order valence-electron chi connectivity index (χ4n) is 0.856. The van der Waals surface area contributed by atoms with E-state index in [4.69, 9.17) is 0 Å². The van der Waals surface area contributed by atoms with Crippen LogP contribution < -0.4 is 0 Å². The molecule has 0 spiro atoms. The Bertz CT molecular complexity index is 182. The van der Waals surface area contributed by atoms with Crippen molar-refractivity contribution < 1.29 is 20.4 Å². The number of hydrogen-bond acceptors (Lipinski definition) is 0. The molecule has 0 radical (unpaired) electrons. The van der Waals surface area contributed by atoms with Gasteiger partial charge in [0.1, 0.15) is 0 Å². The molecule has 0 atom stereocenters. The van der Waals surface area contributed by atoms with Gasteiger partial charge in [0, 0.05) is 0 Å². The maximum absolute atomic E-state index is 3.91. The summed E-state index contributed by atoms with van der Waals surface area (Å²) in [4.78, 5) is 0. The number of allylic oxidation sites excluding steroid dienone is 4. The molecule has 0 fully saturated rings. The Morgan fingerprint density at radius 1 is 0.579 bits per heavy atom. The minimum Gasteiger partial charge on any atom is -0.342 e. The predicted octanol–water partition coefficient (Wildman–Crippen LogP) is 6.07. The van der Waals surface area contributed by atoms with Crippen LogP contribution in [0.4, 0.5) is 0 Å². The molecule has 1 aliphatic carbocycles. The Kier molecular flexibility index (Phi) is 17.5. The third kappa shape index (κ3) is 69.4. The van der Waals surface area contributed by atoms with Crippen LogP contribution in [-0.2, 0) is 20.4 Å². The van der Waals surface area contributed by atoms with Crippen molar-refractivity contribution in [3.05, 3.63) is 37.4 Å². The Morgan fingerprint density at radius 2 is 0.684 bits per heavy atom. The first-order chi connectivity index (χ1) is 8.00. The zero-order chi connectivity index (χ0) is 14.7. The molecule has 1 rings (SSSR count). The fourth-order valence-corrected chi connectivity index (χ4v) is 0.856. The first kappa shape index (κ1) is 24.6. The second kappa shape index (κ2) is 13.6. The molecule has 0 aromatic heterocycles. The van der Waals surface area contributed by atoms with Gasteiger partial charge in [-0.2, -0.15) is 0 Å². The third-order valence-corrected chi connectivity index (χ3v) is 1.33. The molecular formula is C16H34PdSi2. The Balaban J connectivity index is -0.000000208. The molecule has 0 bridgehead atoms. The predicted molar refractivity (Wildman–Crippen MR) is 94.2 cm³/mol. The van der Waals surface area contributed by atoms with Crippen LogP contribution in [0.15, 0.2) is 24.3 Å². The molecule has 0 nitrogen and oxygen atoms in total. The van der Waals surface area contributed by atoms with Gasteiger partial charge in [-0.15, -0.1) is 16.1 Å². The topological polar surface area (TPSA) is 0 Å². The smallest absolute Gasteiger partial charge is 0.342 e. The van der Waals surface area contributed by atoms with Crippen molar-refractivity contribution >= 4 is 16.1 Å². The molecule has 0 heterocycles. The quantitative estimate of drug-likeness (QED) is 0.268.